The zero-order chi connectivity index (χ0) is 26.0. The van der Waals surface area contributed by atoms with E-state index >= 15 is 0 Å². The van der Waals surface area contributed by atoms with Gasteiger partial charge in [0.2, 0.25) is 11.4 Å². The number of allylic oxidation sites excluding steroid dienone is 4. The van der Waals surface area contributed by atoms with E-state index in [1.54, 1.807) is 19.1 Å². The summed E-state index contributed by atoms with van der Waals surface area (Å²) in [7, 11) is 0. The summed E-state index contributed by atoms with van der Waals surface area (Å²) in [6, 6.07) is 0. The van der Waals surface area contributed by atoms with Crippen molar-refractivity contribution in [1.82, 2.24) is 0 Å². The molecule has 0 aromatic carbocycles. The molecule has 3 fully saturated rings. The minimum absolute atomic E-state index is 0.0230. The van der Waals surface area contributed by atoms with E-state index in [0.717, 1.165) is 12.0 Å². The molecule has 0 amide bonds. The first kappa shape index (κ1) is 24.9. The maximum absolute atomic E-state index is 13.8. The molecule has 0 spiro atoms. The van der Waals surface area contributed by atoms with Crippen molar-refractivity contribution in [3.05, 3.63) is 23.8 Å². The number of aliphatic hydroxyl groups excluding tert-OH is 1. The van der Waals surface area contributed by atoms with Crippen LogP contribution in [0.15, 0.2) is 29.0 Å². The Morgan fingerprint density at radius 3 is 2.69 bits per heavy atom. The average molecular weight is 500 g/mol. The molecule has 0 bridgehead atoms. The van der Waals surface area contributed by atoms with Crippen LogP contribution in [0, 0.1) is 34.5 Å². The summed E-state index contributed by atoms with van der Waals surface area (Å²) in [6.07, 6.45) is 6.59. The number of rotatable bonds is 5. The molecule has 5 rings (SSSR count). The van der Waals surface area contributed by atoms with E-state index in [9.17, 15) is 24.3 Å². The third-order valence-electron chi connectivity index (χ3n) is 9.64. The Bertz CT molecular complexity index is 1120. The number of carbonyl (C=O) groups is 4. The molecule has 3 saturated carbocycles. The Hall–Kier alpha value is -2.81. The summed E-state index contributed by atoms with van der Waals surface area (Å²) >= 11 is 0. The van der Waals surface area contributed by atoms with Crippen LogP contribution in [0.3, 0.4) is 0 Å². The molecule has 1 N–H and O–H groups in total. The van der Waals surface area contributed by atoms with Gasteiger partial charge in [-0.3, -0.25) is 14.4 Å². The minimum Gasteiger partial charge on any atom is -0.461 e. The van der Waals surface area contributed by atoms with Crippen molar-refractivity contribution >= 4 is 29.2 Å². The predicted molar refractivity (Wildman–Crippen MR) is 126 cm³/mol. The molecule has 1 aliphatic heterocycles. The molecule has 5 aliphatic rings. The van der Waals surface area contributed by atoms with Crippen LogP contribution in [0.2, 0.25) is 0 Å². The fourth-order valence-electron chi connectivity index (χ4n) is 8.23. The van der Waals surface area contributed by atoms with E-state index in [1.165, 1.54) is 6.92 Å². The Morgan fingerprint density at radius 2 is 2.00 bits per heavy atom. The molecule has 4 aliphatic carbocycles. The summed E-state index contributed by atoms with van der Waals surface area (Å²) in [5.74, 6) is -2.59. The highest BCUT2D eigenvalue weighted by atomic mass is 16.7. The highest BCUT2D eigenvalue weighted by molar-refractivity contribution is 6.38. The van der Waals surface area contributed by atoms with Gasteiger partial charge in [0.05, 0.1) is 18.6 Å². The van der Waals surface area contributed by atoms with Crippen LogP contribution < -0.4 is 0 Å². The number of nitrogens with zero attached hydrogens (tertiary/aromatic N) is 1. The molecule has 1 heterocycles. The van der Waals surface area contributed by atoms with E-state index < -0.39 is 52.8 Å². The Balaban J connectivity index is 1.57. The second kappa shape index (κ2) is 8.36. The molecule has 9 nitrogen and oxygen atoms in total. The van der Waals surface area contributed by atoms with Gasteiger partial charge in [0.1, 0.15) is 0 Å². The van der Waals surface area contributed by atoms with Crippen molar-refractivity contribution in [1.29, 1.82) is 0 Å². The maximum atomic E-state index is 13.8. The number of fused-ring (bicyclic) bond motifs is 7. The van der Waals surface area contributed by atoms with Gasteiger partial charge < -0.3 is 19.4 Å². The molecule has 0 radical (unpaired) electrons. The first-order valence-corrected chi connectivity index (χ1v) is 12.7. The number of Topliss-reactive ketones (excluding diaryl/α,β-unsaturated/α-hetero) is 1. The third kappa shape index (κ3) is 3.20. The van der Waals surface area contributed by atoms with Crippen molar-refractivity contribution in [2.45, 2.75) is 65.1 Å². The lowest BCUT2D eigenvalue weighted by Crippen LogP contribution is -2.63. The number of oxime groups is 1. The van der Waals surface area contributed by atoms with Gasteiger partial charge in [-0.2, -0.15) is 0 Å². The summed E-state index contributed by atoms with van der Waals surface area (Å²) in [4.78, 5) is 56.1. The van der Waals surface area contributed by atoms with Gasteiger partial charge in [0, 0.05) is 23.7 Å². The fourth-order valence-corrected chi connectivity index (χ4v) is 8.23. The van der Waals surface area contributed by atoms with Crippen molar-refractivity contribution < 1.29 is 38.6 Å². The van der Waals surface area contributed by atoms with E-state index in [0.29, 0.717) is 12.8 Å². The van der Waals surface area contributed by atoms with E-state index in [1.807, 2.05) is 13.0 Å². The number of hydrogen-bond acceptors (Lipinski definition) is 9. The van der Waals surface area contributed by atoms with Crippen molar-refractivity contribution in [2.75, 3.05) is 13.2 Å². The van der Waals surface area contributed by atoms with Crippen LogP contribution in [0.4, 0.5) is 0 Å². The van der Waals surface area contributed by atoms with Crippen molar-refractivity contribution in [3.63, 3.8) is 0 Å². The molecule has 0 saturated heterocycles. The molecule has 0 aromatic rings. The number of esters is 2. The molecule has 36 heavy (non-hydrogen) atoms. The van der Waals surface area contributed by atoms with Gasteiger partial charge in [0.15, 0.2) is 18.1 Å². The van der Waals surface area contributed by atoms with Crippen LogP contribution >= 0.6 is 0 Å². The average Bonchev–Trinajstić information content (AvgIpc) is 3.32. The lowest BCUT2D eigenvalue weighted by atomic mass is 9.46. The normalized spacial score (nSPS) is 42.1. The quantitative estimate of drug-likeness (QED) is 0.571. The highest BCUT2D eigenvalue weighted by Gasteiger charge is 2.77. The van der Waals surface area contributed by atoms with Crippen LogP contribution in [-0.4, -0.2) is 59.2 Å². The van der Waals surface area contributed by atoms with E-state index in [2.05, 4.69) is 12.1 Å². The second-order valence-electron chi connectivity index (χ2n) is 11.2. The maximum Gasteiger partial charge on any atom is 0.356 e. The van der Waals surface area contributed by atoms with Gasteiger partial charge in [0.25, 0.3) is 0 Å². The fraction of sp³-hybridized carbons (Fsp3) is 0.667. The molecule has 8 atom stereocenters. The molecular weight excluding hydrogens is 466 g/mol. The molecular formula is C27H33NO8. The largest absolute Gasteiger partial charge is 0.461 e. The molecule has 194 valence electrons. The van der Waals surface area contributed by atoms with Crippen LogP contribution in [-0.2, 0) is 33.5 Å². The van der Waals surface area contributed by atoms with Gasteiger partial charge in [-0.1, -0.05) is 30.7 Å². The highest BCUT2D eigenvalue weighted by Crippen LogP contribution is 2.70. The summed E-state index contributed by atoms with van der Waals surface area (Å²) in [5.41, 5.74) is -1.78. The summed E-state index contributed by atoms with van der Waals surface area (Å²) < 4.78 is 10.3. The lowest BCUT2D eigenvalue weighted by molar-refractivity contribution is -0.193. The van der Waals surface area contributed by atoms with Crippen LogP contribution in [0.5, 0.6) is 0 Å². The Kier molecular flexibility index (Phi) is 5.78. The predicted octanol–water partition coefficient (Wildman–Crippen LogP) is 2.31. The topological polar surface area (TPSA) is 129 Å². The van der Waals surface area contributed by atoms with E-state index in [4.69, 9.17) is 14.3 Å². The zero-order valence-corrected chi connectivity index (χ0v) is 21.1. The number of ether oxygens (including phenoxy) is 2. The zero-order valence-electron chi connectivity index (χ0n) is 21.1. The van der Waals surface area contributed by atoms with Gasteiger partial charge in [-0.25, -0.2) is 4.79 Å². The van der Waals surface area contributed by atoms with Gasteiger partial charge in [-0.15, -0.1) is 0 Å². The first-order valence-electron chi connectivity index (χ1n) is 12.7. The minimum atomic E-state index is -1.55. The Labute approximate surface area is 209 Å². The van der Waals surface area contributed by atoms with Crippen molar-refractivity contribution in [3.8, 4) is 0 Å². The van der Waals surface area contributed by atoms with Gasteiger partial charge in [-0.05, 0) is 56.6 Å². The number of carbonyl (C=O) groups excluding carboxylic acids is 4. The van der Waals surface area contributed by atoms with E-state index in [-0.39, 0.29) is 42.3 Å². The summed E-state index contributed by atoms with van der Waals surface area (Å²) in [6.45, 7) is 6.58. The monoisotopic (exact) mass is 499 g/mol. The third-order valence-corrected chi connectivity index (χ3v) is 9.64. The Morgan fingerprint density at radius 1 is 1.25 bits per heavy atom. The van der Waals surface area contributed by atoms with Crippen LogP contribution in [0.25, 0.3) is 0 Å². The second-order valence-corrected chi connectivity index (χ2v) is 11.2. The first-order chi connectivity index (χ1) is 17.0. The number of aliphatic hydroxyl groups is 1. The standard InChI is InChI=1S/C27H33NO8/c1-5-34-24(33)23-19-11-18-17-7-6-15-10-16(30)8-9-25(15,3)22(17)20(31)12-26(18,4)27(19,36-28-23)21(32)13-35-14(2)29/h8-10,17-20,22,31H,5-7,11-13H2,1-4H3/t17-,18-,19-,20-,22+,25-,26-,27-/m0/s1. The number of ketones is 2. The summed E-state index contributed by atoms with van der Waals surface area (Å²) in [5, 5.41) is 15.7. The number of hydrogen-bond donors (Lipinski definition) is 1. The van der Waals surface area contributed by atoms with Gasteiger partial charge >= 0.3 is 11.9 Å². The molecule has 0 unspecified atom stereocenters. The SMILES string of the molecule is CCOC(=O)C1=NO[C@]2(C(=O)COC(C)=O)[C@H]1C[C@H]1[C@@H]3CCC4=CC(=O)C=C[C@]4(C)[C@H]3[C@@H](O)C[C@@]12C. The smallest absolute Gasteiger partial charge is 0.356 e. The van der Waals surface area contributed by atoms with Crippen LogP contribution in [0.1, 0.15) is 53.4 Å². The lowest BCUT2D eigenvalue weighted by Gasteiger charge is -2.59. The molecule has 0 aromatic heterocycles. The molecule has 9 heteroatoms. The van der Waals surface area contributed by atoms with Crippen molar-refractivity contribution in [2.24, 2.45) is 39.7 Å².